The number of fused-ring (bicyclic) bond motifs is 2. The van der Waals surface area contributed by atoms with Gasteiger partial charge in [-0.1, -0.05) is 29.6 Å². The highest BCUT2D eigenvalue weighted by Crippen LogP contribution is 2.31. The first-order valence-electron chi connectivity index (χ1n) is 6.58. The van der Waals surface area contributed by atoms with Crippen molar-refractivity contribution in [2.75, 3.05) is 0 Å². The summed E-state index contributed by atoms with van der Waals surface area (Å²) in [5, 5.41) is 4.80. The molecule has 2 unspecified atom stereocenters. The van der Waals surface area contributed by atoms with Gasteiger partial charge in [-0.2, -0.15) is 0 Å². The Morgan fingerprint density at radius 1 is 1.06 bits per heavy atom. The Morgan fingerprint density at radius 2 is 1.78 bits per heavy atom. The summed E-state index contributed by atoms with van der Waals surface area (Å²) in [5.74, 6) is 0.828. The van der Waals surface area contributed by atoms with Gasteiger partial charge in [-0.05, 0) is 37.8 Å². The van der Waals surface area contributed by atoms with E-state index in [1.54, 1.807) is 6.07 Å². The number of benzene rings is 1. The number of halogens is 2. The molecule has 4 heteroatoms. The van der Waals surface area contributed by atoms with Crippen LogP contribution in [0.15, 0.2) is 18.2 Å². The molecule has 18 heavy (non-hydrogen) atoms. The Hall–Kier alpha value is -0.440. The third-order valence-electron chi connectivity index (χ3n) is 3.87. The van der Waals surface area contributed by atoms with Gasteiger partial charge >= 0.3 is 0 Å². The number of ether oxygens (including phenoxy) is 1. The predicted octanol–water partition coefficient (Wildman–Crippen LogP) is 4.05. The minimum absolute atomic E-state index is 0.304. The van der Waals surface area contributed by atoms with Crippen molar-refractivity contribution in [2.24, 2.45) is 0 Å². The van der Waals surface area contributed by atoms with Crippen molar-refractivity contribution in [3.63, 3.8) is 0 Å². The number of nitrogens with one attached hydrogen (secondary N) is 1. The largest absolute Gasteiger partial charge is 0.490 e. The molecule has 2 fully saturated rings. The second kappa shape index (κ2) is 5.28. The zero-order valence-electron chi connectivity index (χ0n) is 10.2. The van der Waals surface area contributed by atoms with Gasteiger partial charge in [0.2, 0.25) is 0 Å². The van der Waals surface area contributed by atoms with Crippen molar-refractivity contribution in [1.29, 1.82) is 0 Å². The molecule has 2 saturated heterocycles. The Morgan fingerprint density at radius 3 is 2.44 bits per heavy atom. The zero-order valence-corrected chi connectivity index (χ0v) is 11.7. The highest BCUT2D eigenvalue weighted by Gasteiger charge is 2.32. The molecule has 2 nitrogen and oxygen atoms in total. The lowest BCUT2D eigenvalue weighted by molar-refractivity contribution is 0.0927. The quantitative estimate of drug-likeness (QED) is 0.885. The fraction of sp³-hybridized carbons (Fsp3) is 0.571. The Bertz CT molecular complexity index is 426. The van der Waals surface area contributed by atoms with Gasteiger partial charge in [0.25, 0.3) is 0 Å². The molecule has 0 radical (unpaired) electrons. The van der Waals surface area contributed by atoms with Crippen LogP contribution in [-0.4, -0.2) is 18.2 Å². The second-order valence-electron chi connectivity index (χ2n) is 5.28. The summed E-state index contributed by atoms with van der Waals surface area (Å²) in [5.41, 5.74) is 0. The molecule has 0 amide bonds. The molecule has 0 saturated carbocycles. The molecule has 2 aliphatic rings. The first-order chi connectivity index (χ1) is 8.70. The second-order valence-corrected chi connectivity index (χ2v) is 6.09. The van der Waals surface area contributed by atoms with E-state index in [4.69, 9.17) is 27.9 Å². The van der Waals surface area contributed by atoms with Crippen LogP contribution in [0, 0.1) is 0 Å². The monoisotopic (exact) mass is 285 g/mol. The zero-order chi connectivity index (χ0) is 12.5. The summed E-state index contributed by atoms with van der Waals surface area (Å²) >= 11 is 11.9. The van der Waals surface area contributed by atoms with Gasteiger partial charge in [0.05, 0.1) is 10.0 Å². The van der Waals surface area contributed by atoms with E-state index in [0.29, 0.717) is 28.2 Å². The maximum Gasteiger partial charge on any atom is 0.121 e. The molecule has 3 rings (SSSR count). The Balaban J connectivity index is 1.67. The molecule has 0 aliphatic carbocycles. The van der Waals surface area contributed by atoms with E-state index in [2.05, 4.69) is 5.32 Å². The summed E-state index contributed by atoms with van der Waals surface area (Å²) in [6.45, 7) is 0. The van der Waals surface area contributed by atoms with Gasteiger partial charge in [-0.25, -0.2) is 0 Å². The summed E-state index contributed by atoms with van der Waals surface area (Å²) in [4.78, 5) is 0. The lowest BCUT2D eigenvalue weighted by Gasteiger charge is -2.40. The van der Waals surface area contributed by atoms with Crippen molar-refractivity contribution in [2.45, 2.75) is 50.3 Å². The van der Waals surface area contributed by atoms with Gasteiger partial charge < -0.3 is 10.1 Å². The number of rotatable bonds is 2. The molecule has 2 bridgehead atoms. The third kappa shape index (κ3) is 2.76. The van der Waals surface area contributed by atoms with E-state index >= 15 is 0 Å². The standard InChI is InChI=1S/C14H17Cl2NO/c15-13-5-4-11(8-14(13)16)18-12-6-9-2-1-3-10(7-12)17-9/h4-5,8-10,12,17H,1-3,6-7H2. The molecule has 1 aromatic carbocycles. The summed E-state index contributed by atoms with van der Waals surface area (Å²) in [6.07, 6.45) is 6.39. The smallest absolute Gasteiger partial charge is 0.121 e. The molecular weight excluding hydrogens is 269 g/mol. The van der Waals surface area contributed by atoms with Crippen molar-refractivity contribution >= 4 is 23.2 Å². The van der Waals surface area contributed by atoms with Gasteiger partial charge in [-0.3, -0.25) is 0 Å². The summed E-state index contributed by atoms with van der Waals surface area (Å²) < 4.78 is 6.04. The van der Waals surface area contributed by atoms with Crippen LogP contribution in [-0.2, 0) is 0 Å². The van der Waals surface area contributed by atoms with E-state index in [1.807, 2.05) is 12.1 Å². The van der Waals surface area contributed by atoms with Crippen LogP contribution in [0.3, 0.4) is 0 Å². The van der Waals surface area contributed by atoms with Crippen LogP contribution >= 0.6 is 23.2 Å². The van der Waals surface area contributed by atoms with Crippen molar-refractivity contribution < 1.29 is 4.74 Å². The van der Waals surface area contributed by atoms with E-state index in [-0.39, 0.29) is 0 Å². The Labute approximate surface area is 118 Å². The van der Waals surface area contributed by atoms with Gasteiger partial charge in [0, 0.05) is 18.2 Å². The molecule has 1 N–H and O–H groups in total. The molecule has 1 aromatic rings. The first-order valence-corrected chi connectivity index (χ1v) is 7.34. The SMILES string of the molecule is Clc1ccc(OC2CC3CCCC(C2)N3)cc1Cl. The fourth-order valence-electron chi connectivity index (χ4n) is 3.05. The topological polar surface area (TPSA) is 21.3 Å². The Kier molecular flexibility index (Phi) is 3.69. The average molecular weight is 286 g/mol. The summed E-state index contributed by atoms with van der Waals surface area (Å²) in [7, 11) is 0. The first kappa shape index (κ1) is 12.6. The number of hydrogen-bond donors (Lipinski definition) is 1. The van der Waals surface area contributed by atoms with Crippen LogP contribution in [0.4, 0.5) is 0 Å². The normalized spacial score (nSPS) is 31.1. The van der Waals surface area contributed by atoms with Crippen molar-refractivity contribution in [1.82, 2.24) is 5.32 Å². The molecule has 0 aromatic heterocycles. The maximum atomic E-state index is 6.04. The molecule has 2 heterocycles. The van der Waals surface area contributed by atoms with Gasteiger partial charge in [0.1, 0.15) is 11.9 Å². The van der Waals surface area contributed by atoms with E-state index in [1.165, 1.54) is 19.3 Å². The lowest BCUT2D eigenvalue weighted by atomic mass is 9.85. The van der Waals surface area contributed by atoms with Crippen LogP contribution in [0.1, 0.15) is 32.1 Å². The minimum atomic E-state index is 0.304. The minimum Gasteiger partial charge on any atom is -0.490 e. The molecular formula is C14H17Cl2NO. The molecule has 0 spiro atoms. The van der Waals surface area contributed by atoms with E-state index < -0.39 is 0 Å². The lowest BCUT2D eigenvalue weighted by Crippen LogP contribution is -2.51. The van der Waals surface area contributed by atoms with E-state index in [9.17, 15) is 0 Å². The summed E-state index contributed by atoms with van der Waals surface area (Å²) in [6, 6.07) is 6.75. The van der Waals surface area contributed by atoms with Crippen LogP contribution < -0.4 is 10.1 Å². The molecule has 98 valence electrons. The number of hydrogen-bond acceptors (Lipinski definition) is 2. The van der Waals surface area contributed by atoms with Crippen LogP contribution in [0.5, 0.6) is 5.75 Å². The van der Waals surface area contributed by atoms with E-state index in [0.717, 1.165) is 18.6 Å². The number of piperidine rings is 2. The predicted molar refractivity (Wildman–Crippen MR) is 74.7 cm³/mol. The van der Waals surface area contributed by atoms with Crippen LogP contribution in [0.2, 0.25) is 10.0 Å². The van der Waals surface area contributed by atoms with Gasteiger partial charge in [0.15, 0.2) is 0 Å². The highest BCUT2D eigenvalue weighted by atomic mass is 35.5. The molecule has 2 aliphatic heterocycles. The average Bonchev–Trinajstić information content (AvgIpc) is 2.33. The van der Waals surface area contributed by atoms with Gasteiger partial charge in [-0.15, -0.1) is 0 Å². The maximum absolute atomic E-state index is 6.04. The fourth-order valence-corrected chi connectivity index (χ4v) is 3.34. The van der Waals surface area contributed by atoms with Crippen LogP contribution in [0.25, 0.3) is 0 Å². The van der Waals surface area contributed by atoms with Crippen molar-refractivity contribution in [3.8, 4) is 5.75 Å². The third-order valence-corrected chi connectivity index (χ3v) is 4.60. The highest BCUT2D eigenvalue weighted by molar-refractivity contribution is 6.42. The van der Waals surface area contributed by atoms with Crippen molar-refractivity contribution in [3.05, 3.63) is 28.2 Å². The molecule has 2 atom stereocenters.